The Labute approximate surface area is 175 Å². The molecule has 0 fully saturated rings. The fourth-order valence-corrected chi connectivity index (χ4v) is 3.10. The number of aromatic nitrogens is 2. The van der Waals surface area contributed by atoms with Gasteiger partial charge in [0.15, 0.2) is 11.5 Å². The number of methoxy groups -OCH3 is 1. The van der Waals surface area contributed by atoms with E-state index in [2.05, 4.69) is 10.4 Å². The van der Waals surface area contributed by atoms with Gasteiger partial charge >= 0.3 is 0 Å². The van der Waals surface area contributed by atoms with Gasteiger partial charge in [-0.1, -0.05) is 29.8 Å². The molecule has 1 N–H and O–H groups in total. The first-order valence-electron chi connectivity index (χ1n) is 9.34. The van der Waals surface area contributed by atoms with Crippen LogP contribution in [0.4, 0.5) is 0 Å². The third kappa shape index (κ3) is 4.90. The number of carbonyl (C=O) groups excluding carboxylic acids is 1. The summed E-state index contributed by atoms with van der Waals surface area (Å²) in [7, 11) is 1.60. The zero-order valence-corrected chi connectivity index (χ0v) is 17.6. The molecule has 0 bridgehead atoms. The molecule has 3 aromatic rings. The second-order valence-corrected chi connectivity index (χ2v) is 7.30. The fraction of sp³-hybridized carbons (Fsp3) is 0.273. The maximum Gasteiger partial charge on any atom is 0.254 e. The molecule has 7 heteroatoms. The van der Waals surface area contributed by atoms with Gasteiger partial charge in [-0.3, -0.25) is 4.79 Å². The molecule has 0 aliphatic heterocycles. The summed E-state index contributed by atoms with van der Waals surface area (Å²) in [5.74, 6) is 1.08. The van der Waals surface area contributed by atoms with Gasteiger partial charge in [0.05, 0.1) is 41.7 Å². The van der Waals surface area contributed by atoms with E-state index in [1.807, 2.05) is 57.2 Å². The summed E-state index contributed by atoms with van der Waals surface area (Å²) in [5.41, 5.74) is 2.07. The Balaban J connectivity index is 1.73. The molecular weight excluding hydrogens is 390 g/mol. The van der Waals surface area contributed by atoms with Gasteiger partial charge in [-0.2, -0.15) is 5.10 Å². The standard InChI is InChI=1S/C22H24ClN3O3/c1-14(2)29-20-10-9-16(11-21(20)28-4)15(3)25-22(27)17-12-24-26(13-17)19-8-6-5-7-18(19)23/h5-15H,1-4H3,(H,25,27). The Morgan fingerprint density at radius 3 is 2.59 bits per heavy atom. The highest BCUT2D eigenvalue weighted by Gasteiger charge is 2.16. The molecule has 29 heavy (non-hydrogen) atoms. The summed E-state index contributed by atoms with van der Waals surface area (Å²) < 4.78 is 12.8. The van der Waals surface area contributed by atoms with E-state index in [-0.39, 0.29) is 18.1 Å². The highest BCUT2D eigenvalue weighted by atomic mass is 35.5. The number of hydrogen-bond acceptors (Lipinski definition) is 4. The van der Waals surface area contributed by atoms with Gasteiger partial charge in [-0.25, -0.2) is 4.68 Å². The number of rotatable bonds is 7. The lowest BCUT2D eigenvalue weighted by Gasteiger charge is -2.18. The van der Waals surface area contributed by atoms with Crippen molar-refractivity contribution in [1.29, 1.82) is 0 Å². The monoisotopic (exact) mass is 413 g/mol. The van der Waals surface area contributed by atoms with Crippen molar-refractivity contribution < 1.29 is 14.3 Å². The van der Waals surface area contributed by atoms with Crippen LogP contribution < -0.4 is 14.8 Å². The van der Waals surface area contributed by atoms with E-state index in [4.69, 9.17) is 21.1 Å². The maximum absolute atomic E-state index is 12.7. The molecular formula is C22H24ClN3O3. The van der Waals surface area contributed by atoms with Crippen molar-refractivity contribution in [3.63, 3.8) is 0 Å². The molecule has 2 aromatic carbocycles. The van der Waals surface area contributed by atoms with Crippen molar-refractivity contribution in [3.05, 3.63) is 71.0 Å². The number of halogens is 1. The van der Waals surface area contributed by atoms with E-state index < -0.39 is 0 Å². The Morgan fingerprint density at radius 1 is 1.14 bits per heavy atom. The number of hydrogen-bond donors (Lipinski definition) is 1. The highest BCUT2D eigenvalue weighted by Crippen LogP contribution is 2.31. The van der Waals surface area contributed by atoms with Gasteiger partial charge in [0.25, 0.3) is 5.91 Å². The molecule has 6 nitrogen and oxygen atoms in total. The lowest BCUT2D eigenvalue weighted by Crippen LogP contribution is -2.26. The van der Waals surface area contributed by atoms with Crippen LogP contribution in [0.1, 0.15) is 42.7 Å². The van der Waals surface area contributed by atoms with Crippen molar-refractivity contribution in [2.75, 3.05) is 7.11 Å². The molecule has 0 spiro atoms. The third-order valence-electron chi connectivity index (χ3n) is 4.34. The number of benzene rings is 2. The number of carbonyl (C=O) groups is 1. The van der Waals surface area contributed by atoms with Crippen LogP contribution in [0.5, 0.6) is 11.5 Å². The summed E-state index contributed by atoms with van der Waals surface area (Å²) >= 11 is 6.20. The summed E-state index contributed by atoms with van der Waals surface area (Å²) in [6, 6.07) is 12.7. The van der Waals surface area contributed by atoms with E-state index in [0.717, 1.165) is 5.56 Å². The fourth-order valence-electron chi connectivity index (χ4n) is 2.88. The largest absolute Gasteiger partial charge is 0.493 e. The molecule has 0 aliphatic rings. The van der Waals surface area contributed by atoms with Crippen LogP contribution in [0.25, 0.3) is 5.69 Å². The van der Waals surface area contributed by atoms with E-state index in [1.165, 1.54) is 6.20 Å². The number of amides is 1. The van der Waals surface area contributed by atoms with Gasteiger partial charge < -0.3 is 14.8 Å². The second kappa shape index (κ2) is 9.01. The molecule has 1 amide bonds. The highest BCUT2D eigenvalue weighted by molar-refractivity contribution is 6.32. The van der Waals surface area contributed by atoms with Crippen LogP contribution in [0.15, 0.2) is 54.9 Å². The first-order valence-corrected chi connectivity index (χ1v) is 9.72. The maximum atomic E-state index is 12.7. The van der Waals surface area contributed by atoms with Crippen molar-refractivity contribution in [2.45, 2.75) is 32.9 Å². The normalized spacial score (nSPS) is 11.9. The summed E-state index contributed by atoms with van der Waals surface area (Å²) in [5, 5.41) is 7.79. The predicted molar refractivity (Wildman–Crippen MR) is 113 cm³/mol. The Hall–Kier alpha value is -2.99. The van der Waals surface area contributed by atoms with Crippen molar-refractivity contribution in [1.82, 2.24) is 15.1 Å². The summed E-state index contributed by atoms with van der Waals surface area (Å²) in [4.78, 5) is 12.7. The van der Waals surface area contributed by atoms with Gasteiger partial charge in [0, 0.05) is 6.20 Å². The minimum Gasteiger partial charge on any atom is -0.493 e. The average Bonchev–Trinajstić information content (AvgIpc) is 3.18. The average molecular weight is 414 g/mol. The molecule has 0 aliphatic carbocycles. The number of para-hydroxylation sites is 1. The predicted octanol–water partition coefficient (Wildman–Crippen LogP) is 4.81. The van der Waals surface area contributed by atoms with Crippen LogP contribution in [0, 0.1) is 0 Å². The number of nitrogens with zero attached hydrogens (tertiary/aromatic N) is 2. The topological polar surface area (TPSA) is 65.4 Å². The van der Waals surface area contributed by atoms with Crippen molar-refractivity contribution in [2.24, 2.45) is 0 Å². The molecule has 0 saturated heterocycles. The summed E-state index contributed by atoms with van der Waals surface area (Å²) in [6.07, 6.45) is 3.22. The van der Waals surface area contributed by atoms with Gasteiger partial charge in [-0.15, -0.1) is 0 Å². The second-order valence-electron chi connectivity index (χ2n) is 6.90. The molecule has 1 unspecified atom stereocenters. The molecule has 152 valence electrons. The molecule has 0 radical (unpaired) electrons. The third-order valence-corrected chi connectivity index (χ3v) is 4.66. The molecule has 1 atom stereocenters. The van der Waals surface area contributed by atoms with Crippen molar-refractivity contribution in [3.8, 4) is 17.2 Å². The van der Waals surface area contributed by atoms with Crippen LogP contribution in [0.2, 0.25) is 5.02 Å². The zero-order chi connectivity index (χ0) is 21.0. The molecule has 0 saturated carbocycles. The van der Waals surface area contributed by atoms with Gasteiger partial charge in [-0.05, 0) is 50.6 Å². The van der Waals surface area contributed by atoms with E-state index in [0.29, 0.717) is 27.8 Å². The Kier molecular flexibility index (Phi) is 6.44. The van der Waals surface area contributed by atoms with Crippen LogP contribution in [0.3, 0.4) is 0 Å². The van der Waals surface area contributed by atoms with E-state index in [1.54, 1.807) is 24.1 Å². The first kappa shape index (κ1) is 20.7. The van der Waals surface area contributed by atoms with Crippen LogP contribution in [-0.2, 0) is 0 Å². The van der Waals surface area contributed by atoms with Gasteiger partial charge in [0.1, 0.15) is 0 Å². The zero-order valence-electron chi connectivity index (χ0n) is 16.8. The van der Waals surface area contributed by atoms with Crippen LogP contribution in [-0.4, -0.2) is 28.9 Å². The molecule has 1 heterocycles. The summed E-state index contributed by atoms with van der Waals surface area (Å²) in [6.45, 7) is 5.83. The molecule has 3 rings (SSSR count). The quantitative estimate of drug-likeness (QED) is 0.603. The minimum atomic E-state index is -0.229. The Morgan fingerprint density at radius 2 is 1.90 bits per heavy atom. The number of nitrogens with one attached hydrogen (secondary N) is 1. The minimum absolute atomic E-state index is 0.0431. The lowest BCUT2D eigenvalue weighted by atomic mass is 10.1. The lowest BCUT2D eigenvalue weighted by molar-refractivity contribution is 0.0940. The Bertz CT molecular complexity index is 1000. The van der Waals surface area contributed by atoms with Crippen molar-refractivity contribution >= 4 is 17.5 Å². The first-order chi connectivity index (χ1) is 13.9. The number of ether oxygens (including phenoxy) is 2. The van der Waals surface area contributed by atoms with E-state index >= 15 is 0 Å². The van der Waals surface area contributed by atoms with E-state index in [9.17, 15) is 4.79 Å². The van der Waals surface area contributed by atoms with Crippen LogP contribution >= 0.6 is 11.6 Å². The smallest absolute Gasteiger partial charge is 0.254 e. The SMILES string of the molecule is COc1cc(C(C)NC(=O)c2cnn(-c3ccccc3Cl)c2)ccc1OC(C)C. The van der Waals surface area contributed by atoms with Gasteiger partial charge in [0.2, 0.25) is 0 Å². The molecule has 1 aromatic heterocycles.